The van der Waals surface area contributed by atoms with Crippen molar-refractivity contribution in [2.75, 3.05) is 0 Å². The summed E-state index contributed by atoms with van der Waals surface area (Å²) < 4.78 is 1.10. The van der Waals surface area contributed by atoms with E-state index in [-0.39, 0.29) is 0 Å². The van der Waals surface area contributed by atoms with E-state index in [1.807, 2.05) is 18.2 Å². The van der Waals surface area contributed by atoms with Crippen molar-refractivity contribution in [3.8, 4) is 11.1 Å². The van der Waals surface area contributed by atoms with Crippen LogP contribution in [0.1, 0.15) is 11.1 Å². The Hall–Kier alpha value is -1.10. The monoisotopic (exact) mass is 302 g/mol. The van der Waals surface area contributed by atoms with Crippen LogP contribution in [0.25, 0.3) is 11.1 Å². The van der Waals surface area contributed by atoms with Crippen molar-refractivity contribution in [2.24, 2.45) is 0 Å². The average molecular weight is 303 g/mol. The molecule has 0 aliphatic heterocycles. The van der Waals surface area contributed by atoms with Crippen molar-refractivity contribution in [3.05, 3.63) is 52.0 Å². The van der Waals surface area contributed by atoms with Gasteiger partial charge in [-0.15, -0.1) is 0 Å². The third-order valence-corrected chi connectivity index (χ3v) is 3.94. The molecule has 4 heteroatoms. The van der Waals surface area contributed by atoms with Crippen LogP contribution in [0.5, 0.6) is 0 Å². The maximum Gasteiger partial charge on any atom is 0.488 e. The summed E-state index contributed by atoms with van der Waals surface area (Å²) in [6, 6.07) is 12.0. The Balaban J connectivity index is 2.13. The van der Waals surface area contributed by atoms with Crippen molar-refractivity contribution in [1.82, 2.24) is 0 Å². The molecule has 90 valence electrons. The molecule has 0 saturated carbocycles. The van der Waals surface area contributed by atoms with E-state index >= 15 is 0 Å². The predicted molar refractivity (Wildman–Crippen MR) is 76.8 cm³/mol. The van der Waals surface area contributed by atoms with Gasteiger partial charge in [0.25, 0.3) is 0 Å². The summed E-state index contributed by atoms with van der Waals surface area (Å²) in [4.78, 5) is 0. The van der Waals surface area contributed by atoms with Crippen LogP contribution in [0.3, 0.4) is 0 Å². The molecule has 0 amide bonds. The highest BCUT2D eigenvalue weighted by Crippen LogP contribution is 2.34. The first-order valence-electron chi connectivity index (χ1n) is 5.93. The fraction of sp³-hybridized carbons (Fsp3) is 0.143. The van der Waals surface area contributed by atoms with Crippen molar-refractivity contribution < 1.29 is 10.0 Å². The van der Waals surface area contributed by atoms with E-state index in [0.29, 0.717) is 5.46 Å². The van der Waals surface area contributed by atoms with Gasteiger partial charge < -0.3 is 10.0 Å². The molecule has 1 aliphatic rings. The number of hydrogen-bond donors (Lipinski definition) is 2. The van der Waals surface area contributed by atoms with Gasteiger partial charge in [0.2, 0.25) is 0 Å². The van der Waals surface area contributed by atoms with E-state index in [4.69, 9.17) is 0 Å². The lowest BCUT2D eigenvalue weighted by atomic mass is 9.76. The third-order valence-electron chi connectivity index (χ3n) is 3.45. The topological polar surface area (TPSA) is 40.5 Å². The van der Waals surface area contributed by atoms with Crippen molar-refractivity contribution in [2.45, 2.75) is 12.8 Å². The van der Waals surface area contributed by atoms with Crippen LogP contribution in [-0.4, -0.2) is 17.2 Å². The fourth-order valence-electron chi connectivity index (χ4n) is 2.55. The zero-order valence-electron chi connectivity index (χ0n) is 9.73. The SMILES string of the molecule is OB(O)c1ccc2c(c1)CCc1cc(Br)ccc1-2. The second-order valence-electron chi connectivity index (χ2n) is 4.59. The molecule has 0 spiro atoms. The Morgan fingerprint density at radius 1 is 0.889 bits per heavy atom. The molecule has 2 aromatic rings. The van der Waals surface area contributed by atoms with Gasteiger partial charge in [-0.05, 0) is 52.7 Å². The molecule has 18 heavy (non-hydrogen) atoms. The minimum Gasteiger partial charge on any atom is -0.423 e. The molecule has 2 aromatic carbocycles. The van der Waals surface area contributed by atoms with Gasteiger partial charge in [-0.25, -0.2) is 0 Å². The standard InChI is InChI=1S/C14H12BBrO2/c16-12-4-6-14-10(8-12)2-1-9-7-11(15(17)18)3-5-13(9)14/h3-8,17-18H,1-2H2. The van der Waals surface area contributed by atoms with Gasteiger partial charge in [-0.3, -0.25) is 0 Å². The van der Waals surface area contributed by atoms with Crippen LogP contribution in [0, 0.1) is 0 Å². The molecule has 2 nitrogen and oxygen atoms in total. The first-order chi connectivity index (χ1) is 8.65. The molecular formula is C14H12BBrO2. The van der Waals surface area contributed by atoms with Crippen LogP contribution in [-0.2, 0) is 12.8 Å². The largest absolute Gasteiger partial charge is 0.488 e. The molecular weight excluding hydrogens is 291 g/mol. The van der Waals surface area contributed by atoms with Crippen molar-refractivity contribution in [3.63, 3.8) is 0 Å². The lowest BCUT2D eigenvalue weighted by Crippen LogP contribution is -2.30. The second-order valence-corrected chi connectivity index (χ2v) is 5.51. The summed E-state index contributed by atoms with van der Waals surface area (Å²) in [7, 11) is -1.39. The maximum absolute atomic E-state index is 9.21. The van der Waals surface area contributed by atoms with Crippen LogP contribution in [0.15, 0.2) is 40.9 Å². The Morgan fingerprint density at radius 2 is 1.50 bits per heavy atom. The smallest absolute Gasteiger partial charge is 0.423 e. The Labute approximate surface area is 115 Å². The Morgan fingerprint density at radius 3 is 2.17 bits per heavy atom. The van der Waals surface area contributed by atoms with Crippen LogP contribution in [0.2, 0.25) is 0 Å². The number of rotatable bonds is 1. The molecule has 0 atom stereocenters. The van der Waals surface area contributed by atoms with Crippen LogP contribution < -0.4 is 5.46 Å². The van der Waals surface area contributed by atoms with Gasteiger partial charge in [0.1, 0.15) is 0 Å². The number of benzene rings is 2. The van der Waals surface area contributed by atoms with Gasteiger partial charge in [-0.1, -0.05) is 40.2 Å². The van der Waals surface area contributed by atoms with Gasteiger partial charge in [0, 0.05) is 4.47 Å². The molecule has 2 N–H and O–H groups in total. The van der Waals surface area contributed by atoms with E-state index in [0.717, 1.165) is 17.3 Å². The zero-order valence-corrected chi connectivity index (χ0v) is 11.3. The fourth-order valence-corrected chi connectivity index (χ4v) is 2.95. The molecule has 0 fully saturated rings. The normalized spacial score (nSPS) is 12.8. The minimum absolute atomic E-state index is 0.564. The number of fused-ring (bicyclic) bond motifs is 3. The van der Waals surface area contributed by atoms with Gasteiger partial charge in [0.15, 0.2) is 0 Å². The predicted octanol–water partition coefficient (Wildman–Crippen LogP) is 1.89. The summed E-state index contributed by atoms with van der Waals surface area (Å²) in [6.07, 6.45) is 1.94. The summed E-state index contributed by atoms with van der Waals surface area (Å²) >= 11 is 3.49. The number of hydrogen-bond acceptors (Lipinski definition) is 2. The van der Waals surface area contributed by atoms with Gasteiger partial charge in [-0.2, -0.15) is 0 Å². The summed E-state index contributed by atoms with van der Waals surface area (Å²) in [5, 5.41) is 18.4. The number of aryl methyl sites for hydroxylation is 2. The summed E-state index contributed by atoms with van der Waals surface area (Å²) in [5.41, 5.74) is 5.55. The molecule has 3 rings (SSSR count). The minimum atomic E-state index is -1.39. The van der Waals surface area contributed by atoms with Crippen molar-refractivity contribution >= 4 is 28.5 Å². The lowest BCUT2D eigenvalue weighted by Gasteiger charge is -2.20. The average Bonchev–Trinajstić information content (AvgIpc) is 2.37. The molecule has 0 aromatic heterocycles. The molecule has 1 aliphatic carbocycles. The molecule has 0 heterocycles. The summed E-state index contributed by atoms with van der Waals surface area (Å²) in [5.74, 6) is 0. The summed E-state index contributed by atoms with van der Waals surface area (Å²) in [6.45, 7) is 0. The Bertz CT molecular complexity index is 611. The van der Waals surface area contributed by atoms with Crippen molar-refractivity contribution in [1.29, 1.82) is 0 Å². The molecule has 0 saturated heterocycles. The van der Waals surface area contributed by atoms with E-state index in [2.05, 4.69) is 28.1 Å². The molecule has 0 radical (unpaired) electrons. The highest BCUT2D eigenvalue weighted by Gasteiger charge is 2.19. The first kappa shape index (κ1) is 12.0. The number of halogens is 1. The van der Waals surface area contributed by atoms with E-state index < -0.39 is 7.12 Å². The van der Waals surface area contributed by atoms with Gasteiger partial charge >= 0.3 is 7.12 Å². The first-order valence-corrected chi connectivity index (χ1v) is 6.72. The highest BCUT2D eigenvalue weighted by atomic mass is 79.9. The van der Waals surface area contributed by atoms with E-state index in [1.54, 1.807) is 6.07 Å². The second kappa shape index (κ2) is 4.54. The lowest BCUT2D eigenvalue weighted by molar-refractivity contribution is 0.425. The van der Waals surface area contributed by atoms with E-state index in [1.165, 1.54) is 22.3 Å². The highest BCUT2D eigenvalue weighted by molar-refractivity contribution is 9.10. The maximum atomic E-state index is 9.21. The van der Waals surface area contributed by atoms with Crippen LogP contribution in [0.4, 0.5) is 0 Å². The Kier molecular flexibility index (Phi) is 3.02. The quantitative estimate of drug-likeness (QED) is 0.790. The molecule has 0 unspecified atom stereocenters. The van der Waals surface area contributed by atoms with Gasteiger partial charge in [0.05, 0.1) is 0 Å². The molecule has 0 bridgehead atoms. The third kappa shape index (κ3) is 2.01. The zero-order chi connectivity index (χ0) is 12.7. The van der Waals surface area contributed by atoms with E-state index in [9.17, 15) is 10.0 Å². The van der Waals surface area contributed by atoms with Crippen LogP contribution >= 0.6 is 15.9 Å².